The number of benzene rings is 1. The summed E-state index contributed by atoms with van der Waals surface area (Å²) < 4.78 is 7.15. The van der Waals surface area contributed by atoms with E-state index in [4.69, 9.17) is 17.0 Å². The maximum absolute atomic E-state index is 12.4. The summed E-state index contributed by atoms with van der Waals surface area (Å²) in [5.41, 5.74) is 1.80. The van der Waals surface area contributed by atoms with Crippen LogP contribution in [0, 0.1) is 0 Å². The first-order chi connectivity index (χ1) is 11.5. The van der Waals surface area contributed by atoms with Crippen LogP contribution in [-0.4, -0.2) is 39.3 Å². The van der Waals surface area contributed by atoms with Gasteiger partial charge in [-0.3, -0.25) is 14.5 Å². The van der Waals surface area contributed by atoms with Gasteiger partial charge in [-0.05, 0) is 19.1 Å². The molecular weight excluding hydrogens is 344 g/mol. The van der Waals surface area contributed by atoms with Gasteiger partial charge in [0.05, 0.1) is 12.0 Å². The molecule has 1 fully saturated rings. The number of nitrogens with zero attached hydrogens (tertiary/aromatic N) is 2. The molecule has 1 saturated heterocycles. The highest BCUT2D eigenvalue weighted by Gasteiger charge is 2.30. The van der Waals surface area contributed by atoms with Crippen LogP contribution in [0.2, 0.25) is 0 Å². The number of amides is 1. The number of hydrogen-bond donors (Lipinski definition) is 0. The van der Waals surface area contributed by atoms with Crippen molar-refractivity contribution in [2.24, 2.45) is 0 Å². The minimum absolute atomic E-state index is 0.0719. The summed E-state index contributed by atoms with van der Waals surface area (Å²) in [6.07, 6.45) is 3.70. The van der Waals surface area contributed by atoms with Gasteiger partial charge in [0.1, 0.15) is 10.9 Å². The van der Waals surface area contributed by atoms with Crippen LogP contribution in [0.15, 0.2) is 35.4 Å². The average Bonchev–Trinajstić information content (AvgIpc) is 3.05. The lowest BCUT2D eigenvalue weighted by Gasteiger charge is -2.09. The molecule has 7 heteroatoms. The predicted octanol–water partition coefficient (Wildman–Crippen LogP) is 3.04. The highest BCUT2D eigenvalue weighted by Crippen LogP contribution is 2.34. The lowest BCUT2D eigenvalue weighted by Crippen LogP contribution is -2.27. The molecule has 0 atom stereocenters. The molecular formula is C17H16N2O3S2. The molecule has 1 aliphatic rings. The Morgan fingerprint density at radius 2 is 2.12 bits per heavy atom. The molecule has 0 unspecified atom stereocenters. The van der Waals surface area contributed by atoms with Gasteiger partial charge < -0.3 is 9.30 Å². The van der Waals surface area contributed by atoms with E-state index in [1.54, 1.807) is 4.90 Å². The molecule has 124 valence electrons. The molecule has 0 radical (unpaired) electrons. The summed E-state index contributed by atoms with van der Waals surface area (Å²) in [5, 5.41) is 0.975. The smallest absolute Gasteiger partial charge is 0.325 e. The molecule has 0 bridgehead atoms. The molecule has 2 aromatic rings. The van der Waals surface area contributed by atoms with Crippen LogP contribution >= 0.6 is 24.0 Å². The van der Waals surface area contributed by atoms with Crippen LogP contribution in [0.1, 0.15) is 12.5 Å². The summed E-state index contributed by atoms with van der Waals surface area (Å²) in [4.78, 5) is 26.2. The Kier molecular flexibility index (Phi) is 4.73. The lowest BCUT2D eigenvalue weighted by molar-refractivity contribution is -0.141. The van der Waals surface area contributed by atoms with Crippen molar-refractivity contribution in [1.29, 1.82) is 0 Å². The number of carbonyl (C=O) groups is 2. The molecule has 1 aromatic carbocycles. The quantitative estimate of drug-likeness (QED) is 0.477. The number of fused-ring (bicyclic) bond motifs is 1. The Morgan fingerprint density at radius 1 is 1.38 bits per heavy atom. The summed E-state index contributed by atoms with van der Waals surface area (Å²) in [6.45, 7) is 2.59. The first-order valence-electron chi connectivity index (χ1n) is 7.45. The zero-order valence-corrected chi connectivity index (χ0v) is 14.9. The maximum Gasteiger partial charge on any atom is 0.325 e. The van der Waals surface area contributed by atoms with Crippen LogP contribution in [0.5, 0.6) is 0 Å². The Labute approximate surface area is 149 Å². The average molecular weight is 360 g/mol. The minimum Gasteiger partial charge on any atom is -0.468 e. The molecule has 0 saturated carbocycles. The molecule has 1 amide bonds. The van der Waals surface area contributed by atoms with Crippen LogP contribution < -0.4 is 0 Å². The van der Waals surface area contributed by atoms with Gasteiger partial charge in [-0.1, -0.05) is 42.2 Å². The van der Waals surface area contributed by atoms with Crippen molar-refractivity contribution >= 4 is 57.2 Å². The number of rotatable bonds is 4. The maximum atomic E-state index is 12.4. The topological polar surface area (TPSA) is 51.5 Å². The van der Waals surface area contributed by atoms with E-state index in [-0.39, 0.29) is 18.4 Å². The monoisotopic (exact) mass is 360 g/mol. The summed E-state index contributed by atoms with van der Waals surface area (Å²) >= 11 is 6.55. The van der Waals surface area contributed by atoms with Crippen molar-refractivity contribution in [2.75, 3.05) is 13.7 Å². The predicted molar refractivity (Wildman–Crippen MR) is 99.5 cm³/mol. The third-order valence-electron chi connectivity index (χ3n) is 3.82. The zero-order valence-electron chi connectivity index (χ0n) is 13.3. The van der Waals surface area contributed by atoms with Gasteiger partial charge in [0, 0.05) is 29.2 Å². The zero-order chi connectivity index (χ0) is 17.3. The van der Waals surface area contributed by atoms with Gasteiger partial charge in [-0.15, -0.1) is 0 Å². The van der Waals surface area contributed by atoms with E-state index in [1.165, 1.54) is 18.9 Å². The fourth-order valence-electron chi connectivity index (χ4n) is 2.64. The largest absolute Gasteiger partial charge is 0.468 e. The van der Waals surface area contributed by atoms with Crippen molar-refractivity contribution in [3.8, 4) is 0 Å². The molecule has 0 N–H and O–H groups in total. The third-order valence-corrected chi connectivity index (χ3v) is 5.20. The van der Waals surface area contributed by atoms with Crippen molar-refractivity contribution in [2.45, 2.75) is 13.5 Å². The fraction of sp³-hybridized carbons (Fsp3) is 0.235. The van der Waals surface area contributed by atoms with Crippen LogP contribution in [0.25, 0.3) is 17.0 Å². The SMILES string of the molecule is CCN1C(=O)/C(=C/c2cn(CC(=O)OC)c3ccccc23)SC1=S. The standard InChI is InChI=1S/C17H16N2O3S2/c1-3-19-16(21)14(24-17(19)23)8-11-9-18(10-15(20)22-2)13-7-5-4-6-12(11)13/h4-9H,3,10H2,1-2H3/b14-8-. The molecule has 3 rings (SSSR count). The van der Waals surface area contributed by atoms with Crippen molar-refractivity contribution < 1.29 is 14.3 Å². The highest BCUT2D eigenvalue weighted by molar-refractivity contribution is 8.26. The summed E-state index contributed by atoms with van der Waals surface area (Å²) in [6, 6.07) is 7.75. The van der Waals surface area contributed by atoms with E-state index in [2.05, 4.69) is 0 Å². The number of ether oxygens (including phenoxy) is 1. The second-order valence-electron chi connectivity index (χ2n) is 5.23. The van der Waals surface area contributed by atoms with E-state index in [1.807, 2.05) is 48.0 Å². The first-order valence-corrected chi connectivity index (χ1v) is 8.67. The van der Waals surface area contributed by atoms with Gasteiger partial charge in [-0.2, -0.15) is 0 Å². The Hall–Kier alpha value is -2.12. The molecule has 1 aliphatic heterocycles. The molecule has 5 nitrogen and oxygen atoms in total. The molecule has 0 aliphatic carbocycles. The van der Waals surface area contributed by atoms with Crippen molar-refractivity contribution in [3.63, 3.8) is 0 Å². The second-order valence-corrected chi connectivity index (χ2v) is 6.91. The highest BCUT2D eigenvalue weighted by atomic mass is 32.2. The normalized spacial score (nSPS) is 16.4. The minimum atomic E-state index is -0.320. The number of thiocarbonyl (C=S) groups is 1. The van der Waals surface area contributed by atoms with Gasteiger partial charge in [0.25, 0.3) is 5.91 Å². The number of thioether (sulfide) groups is 1. The van der Waals surface area contributed by atoms with Crippen molar-refractivity contribution in [1.82, 2.24) is 9.47 Å². The molecule has 2 heterocycles. The fourth-order valence-corrected chi connectivity index (χ4v) is 4.01. The first kappa shape index (κ1) is 16.7. The summed E-state index contributed by atoms with van der Waals surface area (Å²) in [7, 11) is 1.37. The Bertz CT molecular complexity index is 870. The Morgan fingerprint density at radius 3 is 2.79 bits per heavy atom. The van der Waals surface area contributed by atoms with E-state index in [9.17, 15) is 9.59 Å². The number of carbonyl (C=O) groups excluding carboxylic acids is 2. The number of aromatic nitrogens is 1. The van der Waals surface area contributed by atoms with Crippen molar-refractivity contribution in [3.05, 3.63) is 40.9 Å². The third kappa shape index (κ3) is 2.97. The molecule has 0 spiro atoms. The Balaban J connectivity index is 2.04. The van der Waals surface area contributed by atoms with Crippen LogP contribution in [0.3, 0.4) is 0 Å². The van der Waals surface area contributed by atoms with Gasteiger partial charge in [0.15, 0.2) is 0 Å². The lowest BCUT2D eigenvalue weighted by atomic mass is 10.1. The number of hydrogen-bond acceptors (Lipinski definition) is 5. The van der Waals surface area contributed by atoms with E-state index in [0.29, 0.717) is 15.8 Å². The molecule has 1 aromatic heterocycles. The van der Waals surface area contributed by atoms with Crippen LogP contribution in [0.4, 0.5) is 0 Å². The number of likely N-dealkylation sites (N-methyl/N-ethyl adjacent to an activating group) is 1. The summed E-state index contributed by atoms with van der Waals surface area (Å²) in [5.74, 6) is -0.392. The van der Waals surface area contributed by atoms with Gasteiger partial charge >= 0.3 is 5.97 Å². The van der Waals surface area contributed by atoms with E-state index < -0.39 is 0 Å². The number of esters is 1. The molecule has 24 heavy (non-hydrogen) atoms. The van der Waals surface area contributed by atoms with Gasteiger partial charge in [0.2, 0.25) is 0 Å². The van der Waals surface area contributed by atoms with E-state index in [0.717, 1.165) is 16.5 Å². The van der Waals surface area contributed by atoms with Gasteiger partial charge in [-0.25, -0.2) is 0 Å². The van der Waals surface area contributed by atoms with Crippen LogP contribution in [-0.2, 0) is 20.9 Å². The number of methoxy groups -OCH3 is 1. The second kappa shape index (κ2) is 6.78. The number of para-hydroxylation sites is 1. The van der Waals surface area contributed by atoms with E-state index >= 15 is 0 Å².